The van der Waals surface area contributed by atoms with E-state index in [1.807, 2.05) is 60.0 Å². The number of aryl methyl sites for hydroxylation is 1. The van der Waals surface area contributed by atoms with Gasteiger partial charge in [0.25, 0.3) is 5.91 Å². The van der Waals surface area contributed by atoms with Crippen LogP contribution in [0.4, 0.5) is 5.82 Å². The number of amides is 2. The van der Waals surface area contributed by atoms with Gasteiger partial charge in [-0.25, -0.2) is 4.98 Å². The van der Waals surface area contributed by atoms with Crippen molar-refractivity contribution in [3.63, 3.8) is 0 Å². The highest BCUT2D eigenvalue weighted by atomic mass is 32.2. The van der Waals surface area contributed by atoms with Gasteiger partial charge in [-0.2, -0.15) is 11.8 Å². The third kappa shape index (κ3) is 5.35. The van der Waals surface area contributed by atoms with E-state index in [-0.39, 0.29) is 17.7 Å². The summed E-state index contributed by atoms with van der Waals surface area (Å²) in [6.45, 7) is 5.32. The maximum atomic E-state index is 12.7. The Morgan fingerprint density at radius 3 is 2.54 bits per heavy atom. The van der Waals surface area contributed by atoms with Gasteiger partial charge in [0.15, 0.2) is 0 Å². The maximum Gasteiger partial charge on any atom is 0.253 e. The second kappa shape index (κ2) is 9.73. The fourth-order valence-electron chi connectivity index (χ4n) is 3.32. The molecule has 0 aliphatic carbocycles. The Balaban J connectivity index is 1.51. The van der Waals surface area contributed by atoms with Gasteiger partial charge in [0.2, 0.25) is 5.91 Å². The van der Waals surface area contributed by atoms with Crippen molar-refractivity contribution in [2.24, 2.45) is 5.92 Å². The van der Waals surface area contributed by atoms with Crippen LogP contribution in [0, 0.1) is 12.8 Å². The first-order chi connectivity index (χ1) is 13.6. The molecule has 1 aromatic carbocycles. The minimum absolute atomic E-state index is 0.0111. The highest BCUT2D eigenvalue weighted by Crippen LogP contribution is 2.21. The van der Waals surface area contributed by atoms with Gasteiger partial charge in [0.05, 0.1) is 0 Å². The van der Waals surface area contributed by atoms with Gasteiger partial charge in [-0.15, -0.1) is 0 Å². The number of aromatic nitrogens is 1. The predicted octanol–water partition coefficient (Wildman–Crippen LogP) is 4.13. The Kier molecular flexibility index (Phi) is 7.09. The molecule has 0 unspecified atom stereocenters. The lowest BCUT2D eigenvalue weighted by Gasteiger charge is -2.31. The van der Waals surface area contributed by atoms with Crippen LogP contribution >= 0.6 is 11.8 Å². The van der Waals surface area contributed by atoms with E-state index in [9.17, 15) is 9.59 Å². The number of carbonyl (C=O) groups excluding carboxylic acids is 2. The van der Waals surface area contributed by atoms with Crippen LogP contribution in [0.2, 0.25) is 0 Å². The summed E-state index contributed by atoms with van der Waals surface area (Å²) in [5.41, 5.74) is 3.02. The number of anilines is 1. The molecule has 3 rings (SSSR count). The normalized spacial score (nSPS) is 14.7. The van der Waals surface area contributed by atoms with E-state index in [0.717, 1.165) is 22.6 Å². The molecule has 1 N–H and O–H groups in total. The molecule has 0 atom stereocenters. The first-order valence-electron chi connectivity index (χ1n) is 9.76. The molecule has 2 amide bonds. The molecule has 1 aliphatic heterocycles. The predicted molar refractivity (Wildman–Crippen MR) is 115 cm³/mol. The SMILES string of the molecule is CCSCc1ccc(C(=O)N2CCC(C(=O)Nc3cc(C)ccn3)CC2)cc1. The third-order valence-corrected chi connectivity index (χ3v) is 5.94. The second-order valence-electron chi connectivity index (χ2n) is 7.11. The Morgan fingerprint density at radius 2 is 1.89 bits per heavy atom. The van der Waals surface area contributed by atoms with Crippen LogP contribution < -0.4 is 5.32 Å². The zero-order valence-electron chi connectivity index (χ0n) is 16.5. The third-order valence-electron chi connectivity index (χ3n) is 4.99. The molecule has 2 heterocycles. The molecule has 6 heteroatoms. The number of thioether (sulfide) groups is 1. The Morgan fingerprint density at radius 1 is 1.18 bits per heavy atom. The highest BCUT2D eigenvalue weighted by Gasteiger charge is 2.28. The number of nitrogens with zero attached hydrogens (tertiary/aromatic N) is 2. The van der Waals surface area contributed by atoms with Crippen LogP contribution in [-0.2, 0) is 10.5 Å². The summed E-state index contributed by atoms with van der Waals surface area (Å²) in [7, 11) is 0. The quantitative estimate of drug-likeness (QED) is 0.796. The molecular weight excluding hydrogens is 370 g/mol. The largest absolute Gasteiger partial charge is 0.339 e. The van der Waals surface area contributed by atoms with Crippen LogP contribution in [0.25, 0.3) is 0 Å². The molecule has 5 nitrogen and oxygen atoms in total. The molecule has 1 fully saturated rings. The zero-order valence-corrected chi connectivity index (χ0v) is 17.3. The van der Waals surface area contributed by atoms with E-state index in [1.165, 1.54) is 5.56 Å². The van der Waals surface area contributed by atoms with Gasteiger partial charge in [-0.05, 0) is 60.9 Å². The standard InChI is InChI=1S/C22H27N3O2S/c1-3-28-15-17-4-6-19(7-5-17)22(27)25-12-9-18(10-13-25)21(26)24-20-14-16(2)8-11-23-20/h4-8,11,14,18H,3,9-10,12-13,15H2,1-2H3,(H,23,24,26). The summed E-state index contributed by atoms with van der Waals surface area (Å²) in [5.74, 6) is 2.60. The number of piperidine rings is 1. The Bertz CT molecular complexity index is 815. The fourth-order valence-corrected chi connectivity index (χ4v) is 3.96. The summed E-state index contributed by atoms with van der Waals surface area (Å²) in [5, 5.41) is 2.90. The van der Waals surface area contributed by atoms with Gasteiger partial charge in [-0.1, -0.05) is 19.1 Å². The van der Waals surface area contributed by atoms with Gasteiger partial charge in [-0.3, -0.25) is 9.59 Å². The molecule has 2 aromatic rings. The topological polar surface area (TPSA) is 62.3 Å². The average molecular weight is 398 g/mol. The van der Waals surface area contributed by atoms with Crippen LogP contribution in [0.15, 0.2) is 42.6 Å². The second-order valence-corrected chi connectivity index (χ2v) is 8.38. The van der Waals surface area contributed by atoms with Gasteiger partial charge in [0, 0.05) is 36.5 Å². The first-order valence-corrected chi connectivity index (χ1v) is 10.9. The summed E-state index contributed by atoms with van der Waals surface area (Å²) in [4.78, 5) is 31.3. The van der Waals surface area contributed by atoms with Crippen LogP contribution in [0.5, 0.6) is 0 Å². The van der Waals surface area contributed by atoms with Crippen molar-refractivity contribution in [1.29, 1.82) is 0 Å². The van der Waals surface area contributed by atoms with Crippen molar-refractivity contribution >= 4 is 29.4 Å². The molecule has 1 aliphatic rings. The number of likely N-dealkylation sites (tertiary alicyclic amines) is 1. The monoisotopic (exact) mass is 397 g/mol. The summed E-state index contributed by atoms with van der Waals surface area (Å²) >= 11 is 1.87. The lowest BCUT2D eigenvalue weighted by molar-refractivity contribution is -0.121. The average Bonchev–Trinajstić information content (AvgIpc) is 2.72. The van der Waals surface area contributed by atoms with E-state index >= 15 is 0 Å². The van der Waals surface area contributed by atoms with Crippen molar-refractivity contribution in [3.8, 4) is 0 Å². The summed E-state index contributed by atoms with van der Waals surface area (Å²) in [6.07, 6.45) is 3.04. The molecular formula is C22H27N3O2S. The molecule has 1 aromatic heterocycles. The number of hydrogen-bond donors (Lipinski definition) is 1. The smallest absolute Gasteiger partial charge is 0.253 e. The number of pyridine rings is 1. The van der Waals surface area contributed by atoms with Crippen LogP contribution in [-0.4, -0.2) is 40.5 Å². The number of nitrogens with one attached hydrogen (secondary N) is 1. The molecule has 0 bridgehead atoms. The zero-order chi connectivity index (χ0) is 19.9. The van der Waals surface area contributed by atoms with Crippen LogP contribution in [0.1, 0.15) is 41.3 Å². The number of rotatable bonds is 6. The van der Waals surface area contributed by atoms with Gasteiger partial charge < -0.3 is 10.2 Å². The maximum absolute atomic E-state index is 12.7. The van der Waals surface area contributed by atoms with Crippen molar-refractivity contribution in [3.05, 3.63) is 59.3 Å². The first kappa shape index (κ1) is 20.4. The molecule has 0 saturated carbocycles. The van der Waals surface area contributed by atoms with Crippen LogP contribution in [0.3, 0.4) is 0 Å². The van der Waals surface area contributed by atoms with Crippen molar-refractivity contribution < 1.29 is 9.59 Å². The van der Waals surface area contributed by atoms with E-state index in [2.05, 4.69) is 17.2 Å². The van der Waals surface area contributed by atoms with Gasteiger partial charge >= 0.3 is 0 Å². The fraction of sp³-hybridized carbons (Fsp3) is 0.409. The van der Waals surface area contributed by atoms with E-state index < -0.39 is 0 Å². The molecule has 148 valence electrons. The number of hydrogen-bond acceptors (Lipinski definition) is 4. The molecule has 1 saturated heterocycles. The van der Waals surface area contributed by atoms with E-state index in [0.29, 0.717) is 31.7 Å². The molecule has 0 spiro atoms. The Hall–Kier alpha value is -2.34. The lowest BCUT2D eigenvalue weighted by Crippen LogP contribution is -2.41. The Labute approximate surface area is 170 Å². The van der Waals surface area contributed by atoms with E-state index in [4.69, 9.17) is 0 Å². The van der Waals surface area contributed by atoms with Crippen molar-refractivity contribution in [2.75, 3.05) is 24.2 Å². The number of carbonyl (C=O) groups is 2. The van der Waals surface area contributed by atoms with E-state index in [1.54, 1.807) is 6.20 Å². The molecule has 28 heavy (non-hydrogen) atoms. The van der Waals surface area contributed by atoms with Crippen molar-refractivity contribution in [2.45, 2.75) is 32.4 Å². The van der Waals surface area contributed by atoms with Gasteiger partial charge in [0.1, 0.15) is 5.82 Å². The van der Waals surface area contributed by atoms with Crippen molar-refractivity contribution in [1.82, 2.24) is 9.88 Å². The molecule has 0 radical (unpaired) electrons. The summed E-state index contributed by atoms with van der Waals surface area (Å²) in [6, 6.07) is 11.6. The minimum atomic E-state index is -0.0835. The highest BCUT2D eigenvalue weighted by molar-refractivity contribution is 7.98. The summed E-state index contributed by atoms with van der Waals surface area (Å²) < 4.78 is 0. The lowest BCUT2D eigenvalue weighted by atomic mass is 9.95. The number of benzene rings is 1. The minimum Gasteiger partial charge on any atom is -0.339 e.